The lowest BCUT2D eigenvalue weighted by molar-refractivity contribution is -0.140. The summed E-state index contributed by atoms with van der Waals surface area (Å²) >= 11 is 11.4. The number of ketones is 1. The Balaban J connectivity index is 2.83. The normalized spacial score (nSPS) is 11.7. The molecule has 0 bridgehead atoms. The number of hydrogen-bond donors (Lipinski definition) is 2. The zero-order valence-electron chi connectivity index (χ0n) is 9.02. The summed E-state index contributed by atoms with van der Waals surface area (Å²) < 4.78 is 0. The predicted molar refractivity (Wildman–Crippen MR) is 66.0 cm³/mol. The second kappa shape index (κ2) is 6.37. The monoisotopic (exact) mass is 289 g/mol. The molecule has 18 heavy (non-hydrogen) atoms. The van der Waals surface area contributed by atoms with Gasteiger partial charge in [0, 0.05) is 12.0 Å². The third kappa shape index (κ3) is 3.72. The van der Waals surface area contributed by atoms with Crippen LogP contribution in [0.3, 0.4) is 0 Å². The second-order valence-corrected chi connectivity index (χ2v) is 4.25. The molecule has 1 rings (SSSR count). The molecular formula is C11H9Cl2NO4. The Morgan fingerprint density at radius 1 is 1.33 bits per heavy atom. The van der Waals surface area contributed by atoms with Crippen LogP contribution in [0.1, 0.15) is 16.8 Å². The van der Waals surface area contributed by atoms with E-state index in [-0.39, 0.29) is 23.4 Å². The average molecular weight is 290 g/mol. The molecule has 0 aliphatic carbocycles. The smallest absolute Gasteiger partial charge is 0.326 e. The number of nitrogens with one attached hydrogen (secondary N) is 1. The molecule has 1 aromatic rings. The Morgan fingerprint density at radius 2 is 2.00 bits per heavy atom. The summed E-state index contributed by atoms with van der Waals surface area (Å²) in [5.41, 5.74) is 0.239. The van der Waals surface area contributed by atoms with E-state index in [1.807, 2.05) is 5.32 Å². The largest absolute Gasteiger partial charge is 0.480 e. The van der Waals surface area contributed by atoms with E-state index in [2.05, 4.69) is 0 Å². The zero-order valence-corrected chi connectivity index (χ0v) is 10.5. The lowest BCUT2D eigenvalue weighted by Crippen LogP contribution is -2.37. The zero-order chi connectivity index (χ0) is 13.7. The molecule has 0 radical (unpaired) electrons. The van der Waals surface area contributed by atoms with E-state index in [1.54, 1.807) is 0 Å². The van der Waals surface area contributed by atoms with Crippen molar-refractivity contribution >= 4 is 41.4 Å². The highest BCUT2D eigenvalue weighted by Gasteiger charge is 2.21. The molecule has 1 amide bonds. The number of hydrogen-bond acceptors (Lipinski definition) is 3. The van der Waals surface area contributed by atoms with Crippen LogP contribution < -0.4 is 5.32 Å². The molecule has 0 saturated carbocycles. The average Bonchev–Trinajstić information content (AvgIpc) is 2.31. The molecule has 0 spiro atoms. The van der Waals surface area contributed by atoms with E-state index in [9.17, 15) is 14.4 Å². The van der Waals surface area contributed by atoms with E-state index < -0.39 is 17.8 Å². The van der Waals surface area contributed by atoms with Crippen LogP contribution in [0, 0.1) is 0 Å². The fourth-order valence-corrected chi connectivity index (χ4v) is 1.57. The Labute approximate surface area is 113 Å². The lowest BCUT2D eigenvalue weighted by Gasteiger charge is -2.10. The highest BCUT2D eigenvalue weighted by molar-refractivity contribution is 6.42. The Hall–Kier alpha value is -1.59. The van der Waals surface area contributed by atoms with E-state index in [4.69, 9.17) is 28.3 Å². The summed E-state index contributed by atoms with van der Waals surface area (Å²) in [6.07, 6.45) is -0.118. The fraction of sp³-hybridized carbons (Fsp3) is 0.182. The van der Waals surface area contributed by atoms with Gasteiger partial charge in [0.15, 0.2) is 5.78 Å². The molecule has 1 unspecified atom stereocenters. The number of benzene rings is 1. The number of halogens is 2. The van der Waals surface area contributed by atoms with Crippen LogP contribution in [0.15, 0.2) is 18.2 Å². The van der Waals surface area contributed by atoms with Gasteiger partial charge in [-0.05, 0) is 18.2 Å². The minimum absolute atomic E-state index is 0.206. The van der Waals surface area contributed by atoms with E-state index in [1.165, 1.54) is 18.2 Å². The molecule has 0 heterocycles. The number of aliphatic carboxylic acids is 1. The van der Waals surface area contributed by atoms with Crippen LogP contribution >= 0.6 is 23.2 Å². The Kier molecular flexibility index (Phi) is 5.12. The standard InChI is InChI=1S/C11H9Cl2NO4/c12-7-2-1-6(3-8(7)13)10(16)4-9(11(17)18)14-5-15/h1-3,5,9H,4H2,(H,14,15)(H,17,18). The molecular weight excluding hydrogens is 281 g/mol. The molecule has 2 N–H and O–H groups in total. The van der Waals surface area contributed by atoms with Crippen LogP contribution in [0.4, 0.5) is 0 Å². The second-order valence-electron chi connectivity index (χ2n) is 3.43. The first-order chi connectivity index (χ1) is 8.45. The van der Waals surface area contributed by atoms with Crippen LogP contribution in [0.25, 0.3) is 0 Å². The van der Waals surface area contributed by atoms with Gasteiger partial charge in [-0.3, -0.25) is 9.59 Å². The number of carbonyl (C=O) groups is 3. The van der Waals surface area contributed by atoms with Gasteiger partial charge in [0.05, 0.1) is 10.0 Å². The van der Waals surface area contributed by atoms with Crippen LogP contribution in [0.2, 0.25) is 10.0 Å². The SMILES string of the molecule is O=CNC(CC(=O)c1ccc(Cl)c(Cl)c1)C(=O)O. The molecule has 96 valence electrons. The van der Waals surface area contributed by atoms with Gasteiger partial charge in [0.25, 0.3) is 0 Å². The highest BCUT2D eigenvalue weighted by atomic mass is 35.5. The molecule has 0 fully saturated rings. The molecule has 0 aromatic heterocycles. The van der Waals surface area contributed by atoms with Gasteiger partial charge in [0.1, 0.15) is 6.04 Å². The van der Waals surface area contributed by atoms with Crippen molar-refractivity contribution in [1.82, 2.24) is 5.32 Å². The van der Waals surface area contributed by atoms with Crippen LogP contribution in [0.5, 0.6) is 0 Å². The summed E-state index contributed by atoms with van der Waals surface area (Å²) in [6.45, 7) is 0. The molecule has 5 nitrogen and oxygen atoms in total. The third-order valence-electron chi connectivity index (χ3n) is 2.20. The lowest BCUT2D eigenvalue weighted by atomic mass is 10.0. The van der Waals surface area contributed by atoms with E-state index in [0.29, 0.717) is 5.02 Å². The van der Waals surface area contributed by atoms with Crippen LogP contribution in [-0.4, -0.2) is 29.3 Å². The van der Waals surface area contributed by atoms with Crippen molar-refractivity contribution in [2.75, 3.05) is 0 Å². The van der Waals surface area contributed by atoms with Crippen molar-refractivity contribution in [2.45, 2.75) is 12.5 Å². The van der Waals surface area contributed by atoms with Crippen molar-refractivity contribution < 1.29 is 19.5 Å². The quantitative estimate of drug-likeness (QED) is 0.617. The summed E-state index contributed by atoms with van der Waals surface area (Å²) in [5.74, 6) is -1.73. The van der Waals surface area contributed by atoms with Crippen molar-refractivity contribution in [3.63, 3.8) is 0 Å². The minimum Gasteiger partial charge on any atom is -0.480 e. The maximum atomic E-state index is 11.8. The summed E-state index contributed by atoms with van der Waals surface area (Å²) in [5, 5.41) is 11.3. The molecule has 7 heteroatoms. The first-order valence-corrected chi connectivity index (χ1v) is 5.62. The number of carboxylic acid groups (broad SMARTS) is 1. The number of amides is 1. The molecule has 1 aromatic carbocycles. The Morgan fingerprint density at radius 3 is 2.50 bits per heavy atom. The van der Waals surface area contributed by atoms with Gasteiger partial charge in [-0.2, -0.15) is 0 Å². The topological polar surface area (TPSA) is 83.5 Å². The van der Waals surface area contributed by atoms with Gasteiger partial charge < -0.3 is 10.4 Å². The van der Waals surface area contributed by atoms with Gasteiger partial charge >= 0.3 is 5.97 Å². The number of carboxylic acids is 1. The summed E-state index contributed by atoms with van der Waals surface area (Å²) in [6, 6.07) is 2.98. The van der Waals surface area contributed by atoms with Crippen molar-refractivity contribution in [1.29, 1.82) is 0 Å². The maximum absolute atomic E-state index is 11.8. The van der Waals surface area contributed by atoms with E-state index in [0.717, 1.165) is 0 Å². The van der Waals surface area contributed by atoms with Crippen molar-refractivity contribution in [3.05, 3.63) is 33.8 Å². The van der Waals surface area contributed by atoms with E-state index >= 15 is 0 Å². The number of carbonyl (C=O) groups excluding carboxylic acids is 2. The van der Waals surface area contributed by atoms with Gasteiger partial charge in [-0.1, -0.05) is 23.2 Å². The molecule has 0 saturated heterocycles. The third-order valence-corrected chi connectivity index (χ3v) is 2.94. The van der Waals surface area contributed by atoms with Gasteiger partial charge in [-0.25, -0.2) is 4.79 Å². The minimum atomic E-state index is -1.28. The number of rotatable bonds is 6. The predicted octanol–water partition coefficient (Wildman–Crippen LogP) is 1.77. The summed E-state index contributed by atoms with van der Waals surface area (Å²) in [4.78, 5) is 32.7. The maximum Gasteiger partial charge on any atom is 0.326 e. The molecule has 0 aliphatic heterocycles. The summed E-state index contributed by atoms with van der Waals surface area (Å²) in [7, 11) is 0. The Bertz CT molecular complexity index is 490. The number of Topliss-reactive ketones (excluding diaryl/α,β-unsaturated/α-hetero) is 1. The van der Waals surface area contributed by atoms with Crippen molar-refractivity contribution in [3.8, 4) is 0 Å². The first kappa shape index (κ1) is 14.5. The fourth-order valence-electron chi connectivity index (χ4n) is 1.27. The van der Waals surface area contributed by atoms with Gasteiger partial charge in [-0.15, -0.1) is 0 Å². The molecule has 1 atom stereocenters. The van der Waals surface area contributed by atoms with Crippen molar-refractivity contribution in [2.24, 2.45) is 0 Å². The van der Waals surface area contributed by atoms with Gasteiger partial charge in [0.2, 0.25) is 6.41 Å². The van der Waals surface area contributed by atoms with Crippen LogP contribution in [-0.2, 0) is 9.59 Å². The first-order valence-electron chi connectivity index (χ1n) is 4.86. The molecule has 0 aliphatic rings. The highest BCUT2D eigenvalue weighted by Crippen LogP contribution is 2.23.